The molecule has 3 N–H and O–H groups in total. The van der Waals surface area contributed by atoms with Crippen molar-refractivity contribution in [1.82, 2.24) is 10.9 Å². The highest BCUT2D eigenvalue weighted by Crippen LogP contribution is 2.13. The van der Waals surface area contributed by atoms with E-state index in [0.717, 1.165) is 0 Å². The van der Waals surface area contributed by atoms with Crippen LogP contribution in [0.15, 0.2) is 30.3 Å². The van der Waals surface area contributed by atoms with E-state index in [1.807, 2.05) is 0 Å². The van der Waals surface area contributed by atoms with Crippen LogP contribution in [0.1, 0.15) is 23.7 Å². The molecule has 0 saturated heterocycles. The topological polar surface area (TPSA) is 95.5 Å². The largest absolute Gasteiger partial charge is 0.481 e. The number of thioether (sulfide) groups is 1. The maximum atomic E-state index is 11.6. The lowest BCUT2D eigenvalue weighted by molar-refractivity contribution is -0.136. The normalized spacial score (nSPS) is 11.4. The van der Waals surface area contributed by atoms with Crippen molar-refractivity contribution in [2.24, 2.45) is 0 Å². The predicted molar refractivity (Wildman–Crippen MR) is 76.2 cm³/mol. The Morgan fingerprint density at radius 1 is 1.20 bits per heavy atom. The van der Waals surface area contributed by atoms with E-state index in [9.17, 15) is 14.4 Å². The first-order valence-electron chi connectivity index (χ1n) is 5.96. The van der Waals surface area contributed by atoms with Crippen molar-refractivity contribution in [2.45, 2.75) is 18.6 Å². The highest BCUT2D eigenvalue weighted by Gasteiger charge is 2.11. The molecule has 7 heteroatoms. The Balaban J connectivity index is 2.26. The van der Waals surface area contributed by atoms with Gasteiger partial charge in [0.25, 0.3) is 5.91 Å². The second-order valence-electron chi connectivity index (χ2n) is 4.09. The maximum absolute atomic E-state index is 11.6. The van der Waals surface area contributed by atoms with Crippen LogP contribution in [0.5, 0.6) is 0 Å². The molecule has 1 aromatic carbocycles. The first-order valence-corrected chi connectivity index (χ1v) is 7.01. The van der Waals surface area contributed by atoms with Crippen LogP contribution in [0.4, 0.5) is 0 Å². The number of hydrogen-bond acceptors (Lipinski definition) is 4. The molecule has 2 amide bonds. The summed E-state index contributed by atoms with van der Waals surface area (Å²) < 4.78 is 0. The molecule has 1 rings (SSSR count). The van der Waals surface area contributed by atoms with Crippen molar-refractivity contribution in [2.75, 3.05) is 5.75 Å². The van der Waals surface area contributed by atoms with Gasteiger partial charge in [-0.2, -0.15) is 0 Å². The molecular weight excluding hydrogens is 280 g/mol. The standard InChI is InChI=1S/C13H16N2O4S/c1-9(7-12(17)18)20-8-11(16)14-15-13(19)10-5-3-2-4-6-10/h2-6,9H,7-8H2,1H3,(H,14,16)(H,15,19)(H,17,18). The van der Waals surface area contributed by atoms with Gasteiger partial charge in [0.2, 0.25) is 5.91 Å². The average Bonchev–Trinajstić information content (AvgIpc) is 2.42. The number of rotatable bonds is 6. The molecule has 0 spiro atoms. The molecule has 1 unspecified atom stereocenters. The van der Waals surface area contributed by atoms with Crippen molar-refractivity contribution < 1.29 is 19.5 Å². The zero-order valence-electron chi connectivity index (χ0n) is 11.0. The third-order valence-electron chi connectivity index (χ3n) is 2.31. The third kappa shape index (κ3) is 6.24. The first-order chi connectivity index (χ1) is 9.49. The smallest absolute Gasteiger partial charge is 0.304 e. The molecule has 0 saturated carbocycles. The van der Waals surface area contributed by atoms with Gasteiger partial charge in [0, 0.05) is 10.8 Å². The molecule has 6 nitrogen and oxygen atoms in total. The van der Waals surface area contributed by atoms with Gasteiger partial charge in [-0.3, -0.25) is 25.2 Å². The van der Waals surface area contributed by atoms with E-state index in [1.165, 1.54) is 11.8 Å². The van der Waals surface area contributed by atoms with E-state index in [4.69, 9.17) is 5.11 Å². The molecule has 108 valence electrons. The minimum Gasteiger partial charge on any atom is -0.481 e. The van der Waals surface area contributed by atoms with Crippen molar-refractivity contribution in [3.8, 4) is 0 Å². The van der Waals surface area contributed by atoms with Crippen LogP contribution >= 0.6 is 11.8 Å². The van der Waals surface area contributed by atoms with Crippen LogP contribution in [-0.2, 0) is 9.59 Å². The van der Waals surface area contributed by atoms with Gasteiger partial charge < -0.3 is 5.11 Å². The molecule has 1 atom stereocenters. The fraction of sp³-hybridized carbons (Fsp3) is 0.308. The lowest BCUT2D eigenvalue weighted by Gasteiger charge is -2.09. The number of benzene rings is 1. The quantitative estimate of drug-likeness (QED) is 0.682. The molecule has 0 aliphatic rings. The van der Waals surface area contributed by atoms with Crippen molar-refractivity contribution in [3.63, 3.8) is 0 Å². The first kappa shape index (κ1) is 16.0. The van der Waals surface area contributed by atoms with Gasteiger partial charge in [-0.1, -0.05) is 25.1 Å². The lowest BCUT2D eigenvalue weighted by atomic mass is 10.2. The summed E-state index contributed by atoms with van der Waals surface area (Å²) in [5.74, 6) is -1.59. The van der Waals surface area contributed by atoms with E-state index in [1.54, 1.807) is 37.3 Å². The summed E-state index contributed by atoms with van der Waals surface area (Å²) in [6.45, 7) is 1.73. The molecule has 0 aliphatic heterocycles. The molecule has 0 heterocycles. The monoisotopic (exact) mass is 296 g/mol. The Kier molecular flexibility index (Phi) is 6.58. The van der Waals surface area contributed by atoms with Crippen molar-refractivity contribution in [1.29, 1.82) is 0 Å². The third-order valence-corrected chi connectivity index (χ3v) is 3.48. The number of hydrazine groups is 1. The second kappa shape index (κ2) is 8.21. The maximum Gasteiger partial charge on any atom is 0.304 e. The fourth-order valence-corrected chi connectivity index (χ4v) is 2.12. The summed E-state index contributed by atoms with van der Waals surface area (Å²) >= 11 is 1.22. The fourth-order valence-electron chi connectivity index (χ4n) is 1.35. The number of carboxylic acids is 1. The van der Waals surface area contributed by atoms with E-state index in [-0.39, 0.29) is 23.3 Å². The van der Waals surface area contributed by atoms with Gasteiger partial charge in [0.1, 0.15) is 0 Å². The van der Waals surface area contributed by atoms with Gasteiger partial charge in [0.15, 0.2) is 0 Å². The number of carboxylic acid groups (broad SMARTS) is 1. The van der Waals surface area contributed by atoms with Crippen molar-refractivity contribution in [3.05, 3.63) is 35.9 Å². The molecule has 0 fully saturated rings. The van der Waals surface area contributed by atoms with Gasteiger partial charge in [0.05, 0.1) is 12.2 Å². The Bertz CT molecular complexity index is 479. The van der Waals surface area contributed by atoms with Crippen LogP contribution in [0.3, 0.4) is 0 Å². The van der Waals surface area contributed by atoms with E-state index < -0.39 is 11.9 Å². The predicted octanol–water partition coefficient (Wildman–Crippen LogP) is 1.04. The molecule has 0 radical (unpaired) electrons. The number of hydrogen-bond donors (Lipinski definition) is 3. The number of carbonyl (C=O) groups excluding carboxylic acids is 2. The van der Waals surface area contributed by atoms with E-state index >= 15 is 0 Å². The molecule has 0 aliphatic carbocycles. The molecular formula is C13H16N2O4S. The van der Waals surface area contributed by atoms with Gasteiger partial charge >= 0.3 is 5.97 Å². The van der Waals surface area contributed by atoms with Crippen LogP contribution in [-0.4, -0.2) is 33.9 Å². The van der Waals surface area contributed by atoms with Crippen molar-refractivity contribution >= 4 is 29.5 Å². The Hall–Kier alpha value is -2.02. The highest BCUT2D eigenvalue weighted by molar-refractivity contribution is 8.00. The molecule has 20 heavy (non-hydrogen) atoms. The minimum atomic E-state index is -0.900. The van der Waals surface area contributed by atoms with E-state index in [2.05, 4.69) is 10.9 Å². The van der Waals surface area contributed by atoms with Gasteiger partial charge in [-0.25, -0.2) is 0 Å². The van der Waals surface area contributed by atoms with Crippen LogP contribution < -0.4 is 10.9 Å². The summed E-state index contributed by atoms with van der Waals surface area (Å²) in [4.78, 5) is 33.6. The number of carbonyl (C=O) groups is 3. The summed E-state index contributed by atoms with van der Waals surface area (Å²) in [6, 6.07) is 8.49. The lowest BCUT2D eigenvalue weighted by Crippen LogP contribution is -2.42. The molecule has 1 aromatic rings. The number of aliphatic carboxylic acids is 1. The zero-order valence-corrected chi connectivity index (χ0v) is 11.8. The summed E-state index contributed by atoms with van der Waals surface area (Å²) in [5.41, 5.74) is 5.02. The minimum absolute atomic E-state index is 0.00563. The number of nitrogens with one attached hydrogen (secondary N) is 2. The molecule has 0 aromatic heterocycles. The summed E-state index contributed by atoms with van der Waals surface area (Å²) in [5, 5.41) is 8.42. The zero-order chi connectivity index (χ0) is 15.0. The molecule has 0 bridgehead atoms. The Morgan fingerprint density at radius 2 is 1.85 bits per heavy atom. The Morgan fingerprint density at radius 3 is 2.45 bits per heavy atom. The SMILES string of the molecule is CC(CC(=O)O)SCC(=O)NNC(=O)c1ccccc1. The van der Waals surface area contributed by atoms with Gasteiger partial charge in [-0.05, 0) is 12.1 Å². The Labute approximate surface area is 120 Å². The van der Waals surface area contributed by atoms with E-state index in [0.29, 0.717) is 5.56 Å². The summed E-state index contributed by atoms with van der Waals surface area (Å²) in [7, 11) is 0. The second-order valence-corrected chi connectivity index (χ2v) is 5.51. The van der Waals surface area contributed by atoms with Crippen LogP contribution in [0.25, 0.3) is 0 Å². The summed E-state index contributed by atoms with van der Waals surface area (Å²) in [6.07, 6.45) is -0.00563. The average molecular weight is 296 g/mol. The van der Waals surface area contributed by atoms with Crippen LogP contribution in [0, 0.1) is 0 Å². The highest BCUT2D eigenvalue weighted by atomic mass is 32.2. The van der Waals surface area contributed by atoms with Crippen LogP contribution in [0.2, 0.25) is 0 Å². The number of amides is 2. The van der Waals surface area contributed by atoms with Gasteiger partial charge in [-0.15, -0.1) is 11.8 Å².